The summed E-state index contributed by atoms with van der Waals surface area (Å²) in [6.07, 6.45) is 1.56. The van der Waals surface area contributed by atoms with Gasteiger partial charge in [0, 0.05) is 22.9 Å². The Balaban J connectivity index is 1.93. The molecule has 25 heavy (non-hydrogen) atoms. The van der Waals surface area contributed by atoms with E-state index in [2.05, 4.69) is 5.10 Å². The van der Waals surface area contributed by atoms with Crippen molar-refractivity contribution in [2.45, 2.75) is 13.5 Å². The maximum Gasteiger partial charge on any atom is 0.291 e. The molecule has 4 aromatic rings. The van der Waals surface area contributed by atoms with E-state index >= 15 is 0 Å². The van der Waals surface area contributed by atoms with Crippen molar-refractivity contribution >= 4 is 44.1 Å². The predicted molar refractivity (Wildman–Crippen MR) is 95.6 cm³/mol. The van der Waals surface area contributed by atoms with E-state index < -0.39 is 17.2 Å². The average molecular weight is 380 g/mol. The molecule has 4 rings (SSSR count). The average Bonchev–Trinajstić information content (AvgIpc) is 3.07. The van der Waals surface area contributed by atoms with Gasteiger partial charge in [0.05, 0.1) is 28.0 Å². The molecule has 3 heterocycles. The van der Waals surface area contributed by atoms with Crippen LogP contribution in [0.1, 0.15) is 10.4 Å². The van der Waals surface area contributed by atoms with E-state index in [1.807, 2.05) is 13.0 Å². The summed E-state index contributed by atoms with van der Waals surface area (Å²) in [7, 11) is 1.79. The van der Waals surface area contributed by atoms with Crippen molar-refractivity contribution in [3.05, 3.63) is 61.8 Å². The first-order chi connectivity index (χ1) is 11.9. The molecule has 0 saturated heterocycles. The molecular formula is C17H12ClF2N3OS. The fourth-order valence-corrected chi connectivity index (χ4v) is 4.24. The Bertz CT molecular complexity index is 1210. The summed E-state index contributed by atoms with van der Waals surface area (Å²) in [4.78, 5) is 14.0. The van der Waals surface area contributed by atoms with Crippen LogP contribution in [-0.2, 0) is 13.6 Å². The van der Waals surface area contributed by atoms with Crippen LogP contribution in [0.25, 0.3) is 21.1 Å². The second kappa shape index (κ2) is 5.64. The minimum absolute atomic E-state index is 0.194. The Morgan fingerprint density at radius 3 is 2.84 bits per heavy atom. The maximum absolute atomic E-state index is 14.1. The van der Waals surface area contributed by atoms with Gasteiger partial charge in [-0.3, -0.25) is 4.79 Å². The predicted octanol–water partition coefficient (Wildman–Crippen LogP) is 4.24. The second-order valence-electron chi connectivity index (χ2n) is 5.82. The van der Waals surface area contributed by atoms with E-state index in [1.165, 1.54) is 0 Å². The van der Waals surface area contributed by atoms with E-state index in [4.69, 9.17) is 11.6 Å². The molecule has 0 spiro atoms. The van der Waals surface area contributed by atoms with Crippen LogP contribution in [0.4, 0.5) is 8.78 Å². The fraction of sp³-hybridized carbons (Fsp3) is 0.176. The minimum atomic E-state index is -0.876. The maximum atomic E-state index is 14.1. The molecule has 8 heteroatoms. The molecule has 3 aromatic heterocycles. The number of hydrogen-bond donors (Lipinski definition) is 0. The van der Waals surface area contributed by atoms with Crippen molar-refractivity contribution in [1.82, 2.24) is 14.3 Å². The van der Waals surface area contributed by atoms with Crippen molar-refractivity contribution in [3.63, 3.8) is 0 Å². The summed E-state index contributed by atoms with van der Waals surface area (Å²) in [5.41, 5.74) is 0.710. The van der Waals surface area contributed by atoms with Gasteiger partial charge in [-0.05, 0) is 25.1 Å². The Kier molecular flexibility index (Phi) is 3.66. The molecule has 0 unspecified atom stereocenters. The molecule has 0 radical (unpaired) electrons. The molecular weight excluding hydrogens is 368 g/mol. The van der Waals surface area contributed by atoms with Crippen LogP contribution in [0.2, 0.25) is 5.02 Å². The van der Waals surface area contributed by atoms with Crippen molar-refractivity contribution in [1.29, 1.82) is 0 Å². The molecule has 1 aromatic carbocycles. The van der Waals surface area contributed by atoms with Crippen LogP contribution in [0.15, 0.2) is 29.2 Å². The third-order valence-corrected chi connectivity index (χ3v) is 5.61. The largest absolute Gasteiger partial charge is 0.338 e. The van der Waals surface area contributed by atoms with Crippen molar-refractivity contribution in [2.75, 3.05) is 0 Å². The Morgan fingerprint density at radius 2 is 2.08 bits per heavy atom. The molecule has 0 aliphatic heterocycles. The number of halogens is 3. The normalized spacial score (nSPS) is 11.7. The number of nitrogens with zero attached hydrogens (tertiary/aromatic N) is 3. The van der Waals surface area contributed by atoms with E-state index in [0.29, 0.717) is 5.52 Å². The van der Waals surface area contributed by atoms with Crippen LogP contribution in [-0.4, -0.2) is 14.3 Å². The third-order valence-electron chi connectivity index (χ3n) is 4.24. The zero-order valence-corrected chi connectivity index (χ0v) is 14.9. The van der Waals surface area contributed by atoms with Gasteiger partial charge in [0.25, 0.3) is 5.56 Å². The summed E-state index contributed by atoms with van der Waals surface area (Å²) in [6.45, 7) is 1.67. The third kappa shape index (κ3) is 2.38. The molecule has 128 valence electrons. The number of aromatic nitrogens is 3. The zero-order valence-electron chi connectivity index (χ0n) is 13.3. The number of benzene rings is 1. The van der Waals surface area contributed by atoms with Gasteiger partial charge in [0.1, 0.15) is 17.2 Å². The van der Waals surface area contributed by atoms with E-state index in [9.17, 15) is 13.6 Å². The van der Waals surface area contributed by atoms with Gasteiger partial charge in [0.2, 0.25) is 0 Å². The van der Waals surface area contributed by atoms with Crippen LogP contribution in [0.5, 0.6) is 0 Å². The molecule has 4 nitrogen and oxygen atoms in total. The summed E-state index contributed by atoms with van der Waals surface area (Å²) in [5.74, 6) is -1.64. The number of fused-ring (bicyclic) bond motifs is 3. The standard InChI is InChI=1S/C17H12ClF2N3OS/c1-8-5-13-16(25-8)9-6-21-23(17(24)15(9)22(13)2)7-10-12(19)4-3-11(18)14(10)20/h3-6H,7H2,1-2H3. The molecule has 0 N–H and O–H groups in total. The van der Waals surface area contributed by atoms with Gasteiger partial charge in [-0.1, -0.05) is 11.6 Å². The lowest BCUT2D eigenvalue weighted by molar-refractivity contribution is 0.526. The van der Waals surface area contributed by atoms with Gasteiger partial charge in [-0.25, -0.2) is 13.5 Å². The van der Waals surface area contributed by atoms with Crippen molar-refractivity contribution in [3.8, 4) is 0 Å². The quantitative estimate of drug-likeness (QED) is 0.489. The lowest BCUT2D eigenvalue weighted by Crippen LogP contribution is -2.25. The van der Waals surface area contributed by atoms with Gasteiger partial charge >= 0.3 is 0 Å². The molecule has 0 aliphatic carbocycles. The number of hydrogen-bond acceptors (Lipinski definition) is 3. The molecule has 0 fully saturated rings. The summed E-state index contributed by atoms with van der Waals surface area (Å²) in [5, 5.41) is 4.65. The summed E-state index contributed by atoms with van der Waals surface area (Å²) >= 11 is 7.29. The summed E-state index contributed by atoms with van der Waals surface area (Å²) < 4.78 is 31.9. The second-order valence-corrected chi connectivity index (χ2v) is 7.49. The highest BCUT2D eigenvalue weighted by molar-refractivity contribution is 7.20. The van der Waals surface area contributed by atoms with Gasteiger partial charge < -0.3 is 4.57 Å². The Hall–Kier alpha value is -2.25. The molecule has 0 bridgehead atoms. The highest BCUT2D eigenvalue weighted by Crippen LogP contribution is 2.32. The van der Waals surface area contributed by atoms with Crippen LogP contribution in [0, 0.1) is 18.6 Å². The molecule has 0 atom stereocenters. The highest BCUT2D eigenvalue weighted by Gasteiger charge is 2.18. The first kappa shape index (κ1) is 16.2. The first-order valence-corrected chi connectivity index (χ1v) is 8.65. The number of thiophene rings is 1. The van der Waals surface area contributed by atoms with E-state index in [-0.39, 0.29) is 17.1 Å². The number of rotatable bonds is 2. The smallest absolute Gasteiger partial charge is 0.291 e. The monoisotopic (exact) mass is 379 g/mol. The van der Waals surface area contributed by atoms with Crippen molar-refractivity contribution in [2.24, 2.45) is 7.05 Å². The lowest BCUT2D eigenvalue weighted by atomic mass is 10.2. The van der Waals surface area contributed by atoms with E-state index in [0.717, 1.165) is 37.3 Å². The Labute approximate surface area is 149 Å². The summed E-state index contributed by atoms with van der Waals surface area (Å²) in [6, 6.07) is 4.22. The lowest BCUT2D eigenvalue weighted by Gasteiger charge is -2.08. The van der Waals surface area contributed by atoms with Crippen molar-refractivity contribution < 1.29 is 8.78 Å². The topological polar surface area (TPSA) is 39.8 Å². The fourth-order valence-electron chi connectivity index (χ4n) is 3.01. The van der Waals surface area contributed by atoms with Gasteiger partial charge in [-0.2, -0.15) is 5.10 Å². The minimum Gasteiger partial charge on any atom is -0.338 e. The van der Waals surface area contributed by atoms with E-state index in [1.54, 1.807) is 29.1 Å². The van der Waals surface area contributed by atoms with Gasteiger partial charge in [-0.15, -0.1) is 11.3 Å². The highest BCUT2D eigenvalue weighted by atomic mass is 35.5. The molecule has 0 saturated carbocycles. The van der Waals surface area contributed by atoms with Crippen LogP contribution < -0.4 is 5.56 Å². The van der Waals surface area contributed by atoms with Crippen LogP contribution >= 0.6 is 22.9 Å². The van der Waals surface area contributed by atoms with Gasteiger partial charge in [0.15, 0.2) is 0 Å². The first-order valence-electron chi connectivity index (χ1n) is 7.45. The number of aryl methyl sites for hydroxylation is 2. The van der Waals surface area contributed by atoms with Crippen LogP contribution in [0.3, 0.4) is 0 Å². The Morgan fingerprint density at radius 1 is 1.32 bits per heavy atom. The molecule has 0 aliphatic rings. The molecule has 0 amide bonds. The SMILES string of the molecule is Cc1cc2c(s1)c1cnn(Cc3c(F)ccc(Cl)c3F)c(=O)c1n2C. The zero-order chi connectivity index (χ0) is 17.9.